The van der Waals surface area contributed by atoms with E-state index in [2.05, 4.69) is 20.6 Å². The lowest BCUT2D eigenvalue weighted by Gasteiger charge is -2.05. The molecule has 0 saturated heterocycles. The van der Waals surface area contributed by atoms with Crippen LogP contribution in [0.1, 0.15) is 12.6 Å². The van der Waals surface area contributed by atoms with E-state index in [0.717, 1.165) is 4.68 Å². The summed E-state index contributed by atoms with van der Waals surface area (Å²) in [6.45, 7) is 3.98. The van der Waals surface area contributed by atoms with Crippen molar-refractivity contribution in [2.45, 2.75) is 13.8 Å². The highest BCUT2D eigenvalue weighted by Crippen LogP contribution is 2.31. The fourth-order valence-electron chi connectivity index (χ4n) is 1.70. The van der Waals surface area contributed by atoms with Crippen LogP contribution in [0.2, 0.25) is 0 Å². The molecule has 0 unspecified atom stereocenters. The van der Waals surface area contributed by atoms with Gasteiger partial charge in [-0.25, -0.2) is 4.79 Å². The molecule has 1 N–H and O–H groups in total. The van der Waals surface area contributed by atoms with Gasteiger partial charge in [-0.1, -0.05) is 0 Å². The second kappa shape index (κ2) is 6.66. The molecular formula is C13H15N5O4. The summed E-state index contributed by atoms with van der Waals surface area (Å²) >= 11 is 0. The van der Waals surface area contributed by atoms with E-state index in [1.165, 1.54) is 19.2 Å². The van der Waals surface area contributed by atoms with Gasteiger partial charge in [0.1, 0.15) is 0 Å². The maximum atomic E-state index is 11.8. The summed E-state index contributed by atoms with van der Waals surface area (Å²) < 4.78 is 11.6. The molecule has 0 aliphatic carbocycles. The zero-order valence-electron chi connectivity index (χ0n) is 12.4. The number of carbonyl (C=O) groups is 1. The molecule has 2 heterocycles. The number of nitroso groups, excluding NO2 is 1. The topological polar surface area (TPSA) is 108 Å². The van der Waals surface area contributed by atoms with Gasteiger partial charge in [-0.05, 0) is 25.1 Å². The Morgan fingerprint density at radius 1 is 1.41 bits per heavy atom. The number of carbonyl (C=O) groups excluding carboxylic acids is 1. The zero-order valence-corrected chi connectivity index (χ0v) is 12.4. The minimum Gasteiger partial charge on any atom is -0.481 e. The predicted molar refractivity (Wildman–Crippen MR) is 77.8 cm³/mol. The third-order valence-corrected chi connectivity index (χ3v) is 2.71. The quantitative estimate of drug-likeness (QED) is 0.849. The fraction of sp³-hybridized carbons (Fsp3) is 0.308. The van der Waals surface area contributed by atoms with Crippen molar-refractivity contribution in [3.8, 4) is 17.6 Å². The summed E-state index contributed by atoms with van der Waals surface area (Å²) in [6.07, 6.45) is 0. The number of nitrogens with one attached hydrogen (secondary N) is 1. The molecular weight excluding hydrogens is 290 g/mol. The van der Waals surface area contributed by atoms with Crippen molar-refractivity contribution in [2.24, 2.45) is 5.18 Å². The second-order valence-electron chi connectivity index (χ2n) is 4.24. The van der Waals surface area contributed by atoms with Gasteiger partial charge in [0.05, 0.1) is 12.8 Å². The van der Waals surface area contributed by atoms with Gasteiger partial charge < -0.3 is 14.8 Å². The number of ether oxygens (including phenoxy) is 2. The maximum Gasteiger partial charge on any atom is 0.342 e. The lowest BCUT2D eigenvalue weighted by Crippen LogP contribution is -2.29. The monoisotopic (exact) mass is 305 g/mol. The number of rotatable bonds is 5. The van der Waals surface area contributed by atoms with Crippen molar-refractivity contribution < 1.29 is 14.3 Å². The first-order chi connectivity index (χ1) is 10.6. The Balaban J connectivity index is 2.29. The summed E-state index contributed by atoms with van der Waals surface area (Å²) in [6, 6.07) is 4.08. The van der Waals surface area contributed by atoms with E-state index in [1.54, 1.807) is 19.9 Å². The van der Waals surface area contributed by atoms with Crippen LogP contribution in [0.25, 0.3) is 0 Å². The van der Waals surface area contributed by atoms with Crippen LogP contribution < -0.4 is 14.8 Å². The average molecular weight is 305 g/mol. The van der Waals surface area contributed by atoms with E-state index < -0.39 is 0 Å². The molecule has 2 aromatic heterocycles. The van der Waals surface area contributed by atoms with Crippen LogP contribution in [0.3, 0.4) is 0 Å². The Morgan fingerprint density at radius 2 is 2.18 bits per heavy atom. The number of nitrogens with zero attached hydrogens (tertiary/aromatic N) is 4. The Kier molecular flexibility index (Phi) is 4.66. The van der Waals surface area contributed by atoms with Gasteiger partial charge in [0.25, 0.3) is 5.88 Å². The third-order valence-electron chi connectivity index (χ3n) is 2.71. The molecule has 0 aromatic carbocycles. The largest absolute Gasteiger partial charge is 0.481 e. The van der Waals surface area contributed by atoms with E-state index >= 15 is 0 Å². The van der Waals surface area contributed by atoms with Crippen molar-refractivity contribution in [2.75, 3.05) is 13.7 Å². The van der Waals surface area contributed by atoms with Crippen LogP contribution in [0.4, 0.5) is 10.5 Å². The van der Waals surface area contributed by atoms with E-state index in [-0.39, 0.29) is 29.4 Å². The minimum absolute atomic E-state index is 0.00557. The highest BCUT2D eigenvalue weighted by molar-refractivity contribution is 5.76. The van der Waals surface area contributed by atoms with Gasteiger partial charge >= 0.3 is 6.03 Å². The number of hydrogen-bond acceptors (Lipinski definition) is 7. The van der Waals surface area contributed by atoms with E-state index in [9.17, 15) is 9.70 Å². The van der Waals surface area contributed by atoms with Gasteiger partial charge in [-0.3, -0.25) is 0 Å². The minimum atomic E-state index is -0.373. The number of hydrogen-bond donors (Lipinski definition) is 1. The maximum absolute atomic E-state index is 11.8. The highest BCUT2D eigenvalue weighted by Gasteiger charge is 2.15. The SMILES string of the molecule is CCNC(=O)n1nc(Oc2nc(OC)ccc2N=O)cc1C. The Morgan fingerprint density at radius 3 is 2.82 bits per heavy atom. The fourth-order valence-corrected chi connectivity index (χ4v) is 1.70. The Bertz CT molecular complexity index is 698. The average Bonchev–Trinajstić information content (AvgIpc) is 2.88. The van der Waals surface area contributed by atoms with E-state index in [0.29, 0.717) is 12.2 Å². The summed E-state index contributed by atoms with van der Waals surface area (Å²) in [5.41, 5.74) is 0.579. The summed E-state index contributed by atoms with van der Waals surface area (Å²) in [7, 11) is 1.44. The van der Waals surface area contributed by atoms with Crippen LogP contribution in [0.5, 0.6) is 17.6 Å². The summed E-state index contributed by atoms with van der Waals surface area (Å²) in [5, 5.41) is 9.46. The van der Waals surface area contributed by atoms with Gasteiger partial charge in [-0.15, -0.1) is 10.0 Å². The molecule has 9 nitrogen and oxygen atoms in total. The van der Waals surface area contributed by atoms with Crippen LogP contribution in [-0.4, -0.2) is 34.5 Å². The van der Waals surface area contributed by atoms with Gasteiger partial charge in [0, 0.05) is 18.7 Å². The second-order valence-corrected chi connectivity index (χ2v) is 4.24. The van der Waals surface area contributed by atoms with Crippen molar-refractivity contribution in [3.63, 3.8) is 0 Å². The number of aromatic nitrogens is 3. The first-order valence-corrected chi connectivity index (χ1v) is 6.50. The molecule has 1 amide bonds. The normalized spacial score (nSPS) is 10.1. The summed E-state index contributed by atoms with van der Waals surface area (Å²) in [5.74, 6) is 0.339. The van der Waals surface area contributed by atoms with Crippen molar-refractivity contribution in [1.82, 2.24) is 20.1 Å². The third kappa shape index (κ3) is 3.19. The standard InChI is InChI=1S/C13H15N5O4/c1-4-14-13(19)18-8(2)7-11(16-18)22-12-9(17-20)5-6-10(15-12)21-3/h5-7H,4H2,1-3H3,(H,14,19). The molecule has 22 heavy (non-hydrogen) atoms. The lowest BCUT2D eigenvalue weighted by atomic mass is 10.4. The highest BCUT2D eigenvalue weighted by atomic mass is 16.5. The van der Waals surface area contributed by atoms with Crippen LogP contribution in [0, 0.1) is 11.8 Å². The van der Waals surface area contributed by atoms with Gasteiger partial charge in [0.2, 0.25) is 11.8 Å². The van der Waals surface area contributed by atoms with Crippen LogP contribution in [-0.2, 0) is 0 Å². The molecule has 0 saturated carbocycles. The molecule has 0 radical (unpaired) electrons. The Labute approximate surface area is 126 Å². The molecule has 116 valence electrons. The number of methoxy groups -OCH3 is 1. The van der Waals surface area contributed by atoms with Gasteiger partial charge in [-0.2, -0.15) is 9.67 Å². The van der Waals surface area contributed by atoms with E-state index in [4.69, 9.17) is 9.47 Å². The van der Waals surface area contributed by atoms with Crippen molar-refractivity contribution >= 4 is 11.7 Å². The molecule has 0 aliphatic heterocycles. The molecule has 2 aromatic rings. The number of aryl methyl sites for hydroxylation is 1. The molecule has 0 atom stereocenters. The predicted octanol–water partition coefficient (Wildman–Crippen LogP) is 2.36. The smallest absolute Gasteiger partial charge is 0.342 e. The molecule has 0 aliphatic rings. The zero-order chi connectivity index (χ0) is 16.1. The summed E-state index contributed by atoms with van der Waals surface area (Å²) in [4.78, 5) is 26.6. The molecule has 0 fully saturated rings. The first-order valence-electron chi connectivity index (χ1n) is 6.50. The molecule has 2 rings (SSSR count). The first kappa shape index (κ1) is 15.4. The van der Waals surface area contributed by atoms with Gasteiger partial charge in [0.15, 0.2) is 5.69 Å². The molecule has 0 spiro atoms. The lowest BCUT2D eigenvalue weighted by molar-refractivity contribution is 0.239. The van der Waals surface area contributed by atoms with Crippen LogP contribution >= 0.6 is 0 Å². The van der Waals surface area contributed by atoms with Crippen molar-refractivity contribution in [3.05, 3.63) is 28.8 Å². The number of amides is 1. The number of pyridine rings is 1. The molecule has 9 heteroatoms. The Hall–Kier alpha value is -2.97. The molecule has 0 bridgehead atoms. The van der Waals surface area contributed by atoms with E-state index in [1.807, 2.05) is 0 Å². The van der Waals surface area contributed by atoms with Crippen molar-refractivity contribution in [1.29, 1.82) is 0 Å². The van der Waals surface area contributed by atoms with Crippen LogP contribution in [0.15, 0.2) is 23.4 Å².